The van der Waals surface area contributed by atoms with Crippen LogP contribution in [0.2, 0.25) is 0 Å². The molecule has 0 saturated carbocycles. The molecule has 0 atom stereocenters. The maximum absolute atomic E-state index is 10.6. The first kappa shape index (κ1) is 11.0. The molecule has 0 amide bonds. The van der Waals surface area contributed by atoms with Crippen LogP contribution in [-0.4, -0.2) is 32.1 Å². The third kappa shape index (κ3) is 2.05. The minimum Gasteiger partial charge on any atom is -0.477 e. The molecule has 86 valence electrons. The molecule has 2 aromatic rings. The molecule has 6 nitrogen and oxygen atoms in total. The number of pyridine rings is 1. The van der Waals surface area contributed by atoms with E-state index in [-0.39, 0.29) is 5.69 Å². The lowest BCUT2D eigenvalue weighted by Gasteiger charge is -2.00. The quantitative estimate of drug-likeness (QED) is 0.799. The average Bonchev–Trinajstić information content (AvgIpc) is 2.70. The maximum atomic E-state index is 10.6. The highest BCUT2D eigenvalue weighted by Gasteiger charge is 2.07. The Labute approximate surface area is 96.5 Å². The van der Waals surface area contributed by atoms with E-state index in [0.717, 1.165) is 5.56 Å². The highest BCUT2D eigenvalue weighted by molar-refractivity contribution is 5.85. The number of carboxylic acids is 1. The van der Waals surface area contributed by atoms with E-state index in [9.17, 15) is 9.59 Å². The largest absolute Gasteiger partial charge is 0.477 e. The number of rotatable bonds is 3. The van der Waals surface area contributed by atoms with Crippen LogP contribution in [0.4, 0.5) is 0 Å². The number of aromatic nitrogens is 3. The molecule has 17 heavy (non-hydrogen) atoms. The summed E-state index contributed by atoms with van der Waals surface area (Å²) in [6.07, 6.45) is 3.75. The van der Waals surface area contributed by atoms with Crippen molar-refractivity contribution in [2.45, 2.75) is 6.92 Å². The molecule has 0 aromatic carbocycles. The van der Waals surface area contributed by atoms with Gasteiger partial charge in [0, 0.05) is 6.20 Å². The molecule has 1 N–H and O–H groups in total. The van der Waals surface area contributed by atoms with E-state index in [1.165, 1.54) is 16.9 Å². The predicted molar refractivity (Wildman–Crippen MR) is 58.4 cm³/mol. The van der Waals surface area contributed by atoms with Crippen molar-refractivity contribution in [2.75, 3.05) is 0 Å². The Balaban J connectivity index is 2.39. The Hall–Kier alpha value is -2.50. The van der Waals surface area contributed by atoms with Gasteiger partial charge in [-0.15, -0.1) is 0 Å². The van der Waals surface area contributed by atoms with Crippen molar-refractivity contribution >= 4 is 12.3 Å². The molecule has 0 bridgehead atoms. The van der Waals surface area contributed by atoms with Gasteiger partial charge >= 0.3 is 5.97 Å². The number of carbonyl (C=O) groups is 2. The van der Waals surface area contributed by atoms with E-state index in [2.05, 4.69) is 10.1 Å². The normalized spacial score (nSPS) is 10.2. The third-order valence-electron chi connectivity index (χ3n) is 2.28. The number of aromatic carboxylic acids is 1. The van der Waals surface area contributed by atoms with E-state index in [1.54, 1.807) is 19.2 Å². The Kier molecular flexibility index (Phi) is 2.70. The minimum absolute atomic E-state index is 0.0340. The van der Waals surface area contributed by atoms with Crippen LogP contribution in [0.15, 0.2) is 24.5 Å². The zero-order valence-electron chi connectivity index (χ0n) is 8.99. The highest BCUT2D eigenvalue weighted by atomic mass is 16.4. The molecule has 0 aliphatic rings. The van der Waals surface area contributed by atoms with Crippen molar-refractivity contribution in [1.82, 2.24) is 14.8 Å². The van der Waals surface area contributed by atoms with Crippen molar-refractivity contribution in [3.63, 3.8) is 0 Å². The summed E-state index contributed by atoms with van der Waals surface area (Å²) in [6.45, 7) is 1.77. The second kappa shape index (κ2) is 4.17. The van der Waals surface area contributed by atoms with Gasteiger partial charge in [0.15, 0.2) is 6.29 Å². The molecule has 6 heteroatoms. The molecular weight excluding hydrogens is 222 g/mol. The van der Waals surface area contributed by atoms with E-state index >= 15 is 0 Å². The summed E-state index contributed by atoms with van der Waals surface area (Å²) in [5, 5.41) is 12.7. The first-order valence-corrected chi connectivity index (χ1v) is 4.83. The van der Waals surface area contributed by atoms with Gasteiger partial charge in [0.25, 0.3) is 0 Å². The van der Waals surface area contributed by atoms with Gasteiger partial charge in [-0.2, -0.15) is 5.10 Å². The van der Waals surface area contributed by atoms with Gasteiger partial charge in [0.05, 0.1) is 11.9 Å². The fourth-order valence-corrected chi connectivity index (χ4v) is 1.37. The van der Waals surface area contributed by atoms with Crippen molar-refractivity contribution in [3.8, 4) is 5.69 Å². The molecule has 0 saturated heterocycles. The Morgan fingerprint density at radius 3 is 2.71 bits per heavy atom. The summed E-state index contributed by atoms with van der Waals surface area (Å²) in [7, 11) is 0. The monoisotopic (exact) mass is 231 g/mol. The standard InChI is InChI=1S/C11H9N3O3/c1-7-5-14(13-10(7)6-15)8-2-3-9(11(16)17)12-4-8/h2-6H,1H3,(H,16,17). The van der Waals surface area contributed by atoms with Crippen molar-refractivity contribution in [3.05, 3.63) is 41.5 Å². The lowest BCUT2D eigenvalue weighted by atomic mass is 10.3. The van der Waals surface area contributed by atoms with Gasteiger partial charge in [-0.25, -0.2) is 14.5 Å². The van der Waals surface area contributed by atoms with Crippen molar-refractivity contribution in [2.24, 2.45) is 0 Å². The molecule has 0 fully saturated rings. The van der Waals surface area contributed by atoms with Crippen molar-refractivity contribution < 1.29 is 14.7 Å². The third-order valence-corrected chi connectivity index (χ3v) is 2.28. The van der Waals surface area contributed by atoms with E-state index < -0.39 is 5.97 Å². The summed E-state index contributed by atoms with van der Waals surface area (Å²) < 4.78 is 1.48. The average molecular weight is 231 g/mol. The van der Waals surface area contributed by atoms with Crippen LogP contribution >= 0.6 is 0 Å². The van der Waals surface area contributed by atoms with Gasteiger partial charge in [0.1, 0.15) is 11.4 Å². The number of aryl methyl sites for hydroxylation is 1. The first-order valence-electron chi connectivity index (χ1n) is 4.83. The predicted octanol–water partition coefficient (Wildman–Crippen LogP) is 1.09. The second-order valence-corrected chi connectivity index (χ2v) is 3.47. The molecule has 0 aliphatic heterocycles. The zero-order chi connectivity index (χ0) is 12.4. The van der Waals surface area contributed by atoms with Crippen LogP contribution in [0.1, 0.15) is 26.5 Å². The zero-order valence-corrected chi connectivity index (χ0v) is 8.99. The second-order valence-electron chi connectivity index (χ2n) is 3.47. The van der Waals surface area contributed by atoms with Crippen molar-refractivity contribution in [1.29, 1.82) is 0 Å². The number of nitrogens with zero attached hydrogens (tertiary/aromatic N) is 3. The van der Waals surface area contributed by atoms with E-state index in [1.807, 2.05) is 0 Å². The van der Waals surface area contributed by atoms with Crippen LogP contribution in [0.5, 0.6) is 0 Å². The van der Waals surface area contributed by atoms with Gasteiger partial charge in [-0.1, -0.05) is 0 Å². The summed E-state index contributed by atoms with van der Waals surface area (Å²) in [4.78, 5) is 25.0. The Bertz CT molecular complexity index is 572. The van der Waals surface area contributed by atoms with Gasteiger partial charge in [-0.05, 0) is 24.6 Å². The van der Waals surface area contributed by atoms with Gasteiger partial charge in [0.2, 0.25) is 0 Å². The molecule has 0 radical (unpaired) electrons. The van der Waals surface area contributed by atoms with E-state index in [4.69, 9.17) is 5.11 Å². The Morgan fingerprint density at radius 1 is 1.47 bits per heavy atom. The summed E-state index contributed by atoms with van der Waals surface area (Å²) >= 11 is 0. The van der Waals surface area contributed by atoms with Gasteiger partial charge in [-0.3, -0.25) is 4.79 Å². The molecule has 0 unspecified atom stereocenters. The van der Waals surface area contributed by atoms with E-state index in [0.29, 0.717) is 17.7 Å². The maximum Gasteiger partial charge on any atom is 0.354 e. The molecule has 0 aliphatic carbocycles. The summed E-state index contributed by atoms with van der Waals surface area (Å²) in [5.74, 6) is -1.08. The molecule has 2 heterocycles. The van der Waals surface area contributed by atoms with Crippen LogP contribution < -0.4 is 0 Å². The number of carbonyl (C=O) groups excluding carboxylic acids is 1. The molecule has 2 aromatic heterocycles. The van der Waals surface area contributed by atoms with Gasteiger partial charge < -0.3 is 5.11 Å². The number of hydrogen-bond acceptors (Lipinski definition) is 4. The highest BCUT2D eigenvalue weighted by Crippen LogP contribution is 2.10. The first-order chi connectivity index (χ1) is 8.11. The summed E-state index contributed by atoms with van der Waals surface area (Å²) in [6, 6.07) is 2.97. The molecule has 2 rings (SSSR count). The number of carboxylic acid groups (broad SMARTS) is 1. The fourth-order valence-electron chi connectivity index (χ4n) is 1.37. The van der Waals surface area contributed by atoms with Crippen LogP contribution in [-0.2, 0) is 0 Å². The molecule has 0 spiro atoms. The topological polar surface area (TPSA) is 85.1 Å². The lowest BCUT2D eigenvalue weighted by molar-refractivity contribution is 0.0690. The minimum atomic E-state index is -1.08. The van der Waals surface area contributed by atoms with Crippen LogP contribution in [0.25, 0.3) is 5.69 Å². The Morgan fingerprint density at radius 2 is 2.24 bits per heavy atom. The van der Waals surface area contributed by atoms with Crippen LogP contribution in [0, 0.1) is 6.92 Å². The SMILES string of the molecule is Cc1cn(-c2ccc(C(=O)O)nc2)nc1C=O. The van der Waals surface area contributed by atoms with Crippen LogP contribution in [0.3, 0.4) is 0 Å². The molecular formula is C11H9N3O3. The lowest BCUT2D eigenvalue weighted by Crippen LogP contribution is -2.02. The number of hydrogen-bond donors (Lipinski definition) is 1. The fraction of sp³-hybridized carbons (Fsp3) is 0.0909. The summed E-state index contributed by atoms with van der Waals surface area (Å²) in [5.41, 5.74) is 1.68. The smallest absolute Gasteiger partial charge is 0.354 e. The number of aldehydes is 1.